The largest absolute Gasteiger partial charge is 0.435 e. The lowest BCUT2D eigenvalue weighted by Crippen LogP contribution is -2.43. The molecule has 29 heavy (non-hydrogen) atoms. The van der Waals surface area contributed by atoms with Gasteiger partial charge in [-0.05, 0) is 37.1 Å². The maximum absolute atomic E-state index is 12.8. The molecule has 10 heteroatoms. The van der Waals surface area contributed by atoms with E-state index in [1.165, 1.54) is 24.3 Å². The molecule has 2 heterocycles. The average molecular weight is 421 g/mol. The van der Waals surface area contributed by atoms with Crippen LogP contribution < -0.4 is 10.1 Å². The van der Waals surface area contributed by atoms with Gasteiger partial charge in [0.15, 0.2) is 5.84 Å². The third kappa shape index (κ3) is 3.80. The van der Waals surface area contributed by atoms with Gasteiger partial charge in [-0.1, -0.05) is 18.2 Å². The molecule has 2 aromatic rings. The first-order valence-electron chi connectivity index (χ1n) is 8.92. The first kappa shape index (κ1) is 19.3. The van der Waals surface area contributed by atoms with Crippen LogP contribution in [0.5, 0.6) is 5.75 Å². The van der Waals surface area contributed by atoms with Gasteiger partial charge in [-0.2, -0.15) is 17.2 Å². The Morgan fingerprint density at radius 3 is 2.79 bits per heavy atom. The van der Waals surface area contributed by atoms with Crippen LogP contribution >= 0.6 is 0 Å². The molecular weight excluding hydrogens is 404 g/mol. The summed E-state index contributed by atoms with van der Waals surface area (Å²) in [4.78, 5) is 14.6. The second kappa shape index (κ2) is 7.43. The number of amides is 1. The van der Waals surface area contributed by atoms with Crippen LogP contribution in [0.25, 0.3) is 0 Å². The molecule has 0 radical (unpaired) electrons. The van der Waals surface area contributed by atoms with Gasteiger partial charge in [-0.3, -0.25) is 4.79 Å². The molecule has 1 amide bonds. The molecule has 1 fully saturated rings. The Labute approximate surface area is 166 Å². The quantitative estimate of drug-likeness (QED) is 0.820. The third-order valence-corrected chi connectivity index (χ3v) is 6.09. The van der Waals surface area contributed by atoms with Crippen molar-refractivity contribution >= 4 is 27.5 Å². The predicted molar refractivity (Wildman–Crippen MR) is 102 cm³/mol. The molecule has 0 aromatic heterocycles. The molecule has 0 aliphatic carbocycles. The number of nitrogens with one attached hydrogen (secondary N) is 1. The van der Waals surface area contributed by atoms with Crippen molar-refractivity contribution in [1.82, 2.24) is 4.90 Å². The van der Waals surface area contributed by atoms with E-state index >= 15 is 0 Å². The Hall–Kier alpha value is -3.01. The fourth-order valence-corrected chi connectivity index (χ4v) is 4.78. The van der Waals surface area contributed by atoms with Gasteiger partial charge in [0.25, 0.3) is 10.0 Å². The second-order valence-corrected chi connectivity index (χ2v) is 8.21. The van der Waals surface area contributed by atoms with E-state index in [2.05, 4.69) is 14.5 Å². The molecule has 1 N–H and O–H groups in total. The van der Waals surface area contributed by atoms with E-state index in [-0.39, 0.29) is 22.4 Å². The zero-order valence-electron chi connectivity index (χ0n) is 15.1. The maximum atomic E-state index is 12.8. The summed E-state index contributed by atoms with van der Waals surface area (Å²) in [6.45, 7) is -2.48. The van der Waals surface area contributed by atoms with Crippen molar-refractivity contribution < 1.29 is 26.7 Å². The summed E-state index contributed by atoms with van der Waals surface area (Å²) in [6.07, 6.45) is 1.20. The lowest BCUT2D eigenvalue weighted by atomic mass is 10.1. The number of hydrogen-bond donors (Lipinski definition) is 1. The van der Waals surface area contributed by atoms with Crippen LogP contribution in [0.2, 0.25) is 0 Å². The number of halogens is 2. The van der Waals surface area contributed by atoms with Crippen molar-refractivity contribution in [2.24, 2.45) is 4.40 Å². The monoisotopic (exact) mass is 421 g/mol. The number of carbonyl (C=O) groups excluding carboxylic acids is 1. The van der Waals surface area contributed by atoms with Crippen molar-refractivity contribution in [1.29, 1.82) is 0 Å². The number of alkyl halides is 2. The smallest absolute Gasteiger partial charge is 0.387 e. The first-order chi connectivity index (χ1) is 13.8. The summed E-state index contributed by atoms with van der Waals surface area (Å²) in [5, 5.41) is 2.69. The lowest BCUT2D eigenvalue weighted by molar-refractivity contribution is -0.119. The minimum atomic E-state index is -3.79. The highest BCUT2D eigenvalue weighted by atomic mass is 32.2. The molecule has 1 saturated heterocycles. The van der Waals surface area contributed by atoms with Crippen LogP contribution in [0.1, 0.15) is 18.4 Å². The van der Waals surface area contributed by atoms with E-state index in [0.29, 0.717) is 30.6 Å². The molecule has 4 rings (SSSR count). The number of benzene rings is 2. The molecule has 2 aliphatic heterocycles. The third-order valence-electron chi connectivity index (χ3n) is 4.77. The Kier molecular flexibility index (Phi) is 4.95. The van der Waals surface area contributed by atoms with Crippen LogP contribution in [0, 0.1) is 0 Å². The summed E-state index contributed by atoms with van der Waals surface area (Å²) in [7, 11) is -3.79. The number of rotatable bonds is 4. The number of fused-ring (bicyclic) bond motifs is 1. The van der Waals surface area contributed by atoms with Gasteiger partial charge in [0.05, 0.1) is 0 Å². The number of hydrogen-bond acceptors (Lipinski definition) is 5. The second-order valence-electron chi connectivity index (χ2n) is 6.63. The fraction of sp³-hybridized carbons (Fsp3) is 0.263. The number of sulfonamides is 1. The van der Waals surface area contributed by atoms with Crippen LogP contribution in [0.3, 0.4) is 0 Å². The maximum Gasteiger partial charge on any atom is 0.387 e. The molecule has 7 nitrogen and oxygen atoms in total. The van der Waals surface area contributed by atoms with Gasteiger partial charge in [0, 0.05) is 23.9 Å². The van der Waals surface area contributed by atoms with Crippen molar-refractivity contribution in [3.8, 4) is 5.75 Å². The van der Waals surface area contributed by atoms with Crippen LogP contribution in [0.15, 0.2) is 57.8 Å². The number of carbonyl (C=O) groups is 1. The van der Waals surface area contributed by atoms with Gasteiger partial charge < -0.3 is 15.0 Å². The molecule has 152 valence electrons. The Morgan fingerprint density at radius 1 is 1.21 bits per heavy atom. The summed E-state index contributed by atoms with van der Waals surface area (Å²) < 4.78 is 57.7. The van der Waals surface area contributed by atoms with Gasteiger partial charge >= 0.3 is 6.61 Å². The van der Waals surface area contributed by atoms with Crippen molar-refractivity contribution in [2.75, 3.05) is 11.9 Å². The summed E-state index contributed by atoms with van der Waals surface area (Å²) in [5.74, 6) is -0.185. The highest BCUT2D eigenvalue weighted by Crippen LogP contribution is 2.31. The van der Waals surface area contributed by atoms with E-state index in [9.17, 15) is 22.0 Å². The lowest BCUT2D eigenvalue weighted by Gasteiger charge is -2.25. The Bertz CT molecular complexity index is 1090. The molecule has 0 spiro atoms. The molecule has 0 unspecified atom stereocenters. The number of ether oxygens (including phenoxy) is 1. The zero-order chi connectivity index (χ0) is 20.6. The minimum absolute atomic E-state index is 0.0683. The van der Waals surface area contributed by atoms with E-state index in [1.807, 2.05) is 0 Å². The van der Waals surface area contributed by atoms with Crippen molar-refractivity contribution in [3.63, 3.8) is 0 Å². The molecule has 1 atom stereocenters. The van der Waals surface area contributed by atoms with E-state index < -0.39 is 22.7 Å². The standard InChI is InChI=1S/C19H17F2N3O4S/c20-19(21)28-13-6-3-5-12(11-13)22-18(25)15-8-4-10-24(15)17-14-7-1-2-9-16(14)29(26,27)23-17/h1-3,5-7,9,11,15,19H,4,8,10H2,(H,22,25)/t15-/m0/s1. The SMILES string of the molecule is O=C(Nc1cccc(OC(F)F)c1)[C@@H]1CCCN1C1=NS(=O)(=O)c2ccccc21. The predicted octanol–water partition coefficient (Wildman–Crippen LogP) is 2.84. The molecule has 2 aromatic carbocycles. The van der Waals surface area contributed by atoms with Crippen LogP contribution in [-0.2, 0) is 14.8 Å². The van der Waals surface area contributed by atoms with E-state index in [4.69, 9.17) is 0 Å². The van der Waals surface area contributed by atoms with Crippen LogP contribution in [0.4, 0.5) is 14.5 Å². The van der Waals surface area contributed by atoms with Crippen molar-refractivity contribution in [3.05, 3.63) is 54.1 Å². The highest BCUT2D eigenvalue weighted by molar-refractivity contribution is 7.90. The topological polar surface area (TPSA) is 88.1 Å². The number of nitrogens with zero attached hydrogens (tertiary/aromatic N) is 2. The van der Waals surface area contributed by atoms with Gasteiger partial charge in [0.2, 0.25) is 5.91 Å². The fourth-order valence-electron chi connectivity index (χ4n) is 3.56. The number of amidine groups is 1. The minimum Gasteiger partial charge on any atom is -0.435 e. The van der Waals surface area contributed by atoms with E-state index in [1.54, 1.807) is 29.2 Å². The Balaban J connectivity index is 1.56. The first-order valence-corrected chi connectivity index (χ1v) is 10.4. The van der Waals surface area contributed by atoms with Gasteiger partial charge in [-0.25, -0.2) is 0 Å². The number of anilines is 1. The van der Waals surface area contributed by atoms with Crippen LogP contribution in [-0.4, -0.2) is 44.3 Å². The molecule has 0 bridgehead atoms. The van der Waals surface area contributed by atoms with Gasteiger partial charge in [-0.15, -0.1) is 4.40 Å². The number of likely N-dealkylation sites (tertiary alicyclic amines) is 1. The highest BCUT2D eigenvalue weighted by Gasteiger charge is 2.39. The Morgan fingerprint density at radius 2 is 2.00 bits per heavy atom. The molecular formula is C19H17F2N3O4S. The summed E-state index contributed by atoms with van der Waals surface area (Å²) in [5.41, 5.74) is 0.779. The molecule has 2 aliphatic rings. The normalized spacial score (nSPS) is 19.8. The van der Waals surface area contributed by atoms with E-state index in [0.717, 1.165) is 0 Å². The van der Waals surface area contributed by atoms with Gasteiger partial charge in [0.1, 0.15) is 16.7 Å². The molecule has 0 saturated carbocycles. The van der Waals surface area contributed by atoms with Crippen molar-refractivity contribution in [2.45, 2.75) is 30.4 Å². The zero-order valence-corrected chi connectivity index (χ0v) is 15.9. The summed E-state index contributed by atoms with van der Waals surface area (Å²) >= 11 is 0. The summed E-state index contributed by atoms with van der Waals surface area (Å²) in [6, 6.07) is 11.6. The average Bonchev–Trinajstić information content (AvgIpc) is 3.25.